The van der Waals surface area contributed by atoms with Crippen molar-refractivity contribution in [2.75, 3.05) is 13.2 Å². The molecule has 0 aromatic heterocycles. The van der Waals surface area contributed by atoms with Crippen LogP contribution in [0.25, 0.3) is 0 Å². The van der Waals surface area contributed by atoms with Crippen LogP contribution in [0.2, 0.25) is 0 Å². The minimum atomic E-state index is -2.23. The Kier molecular flexibility index (Phi) is 15.8. The third-order valence-corrected chi connectivity index (χ3v) is 21.0. The van der Waals surface area contributed by atoms with Crippen molar-refractivity contribution in [1.82, 2.24) is 0 Å². The van der Waals surface area contributed by atoms with Gasteiger partial charge in [0.25, 0.3) is 0 Å². The second kappa shape index (κ2) is 20.8. The first kappa shape index (κ1) is 58.7. The Bertz CT molecular complexity index is 2310. The summed E-state index contributed by atoms with van der Waals surface area (Å²) in [4.78, 5) is 37.6. The van der Waals surface area contributed by atoms with Crippen LogP contribution in [0.3, 0.4) is 0 Å². The van der Waals surface area contributed by atoms with Crippen molar-refractivity contribution >= 4 is 17.7 Å². The van der Waals surface area contributed by atoms with Crippen molar-refractivity contribution in [3.63, 3.8) is 0 Å². The van der Waals surface area contributed by atoms with Crippen molar-refractivity contribution in [2.24, 2.45) is 50.2 Å². The van der Waals surface area contributed by atoms with E-state index in [2.05, 4.69) is 47.6 Å². The number of fused-ring (bicyclic) bond motifs is 7. The van der Waals surface area contributed by atoms with Crippen LogP contribution in [0, 0.1) is 50.2 Å². The maximum absolute atomic E-state index is 12.7. The predicted molar refractivity (Wildman–Crippen MR) is 261 cm³/mol. The van der Waals surface area contributed by atoms with Gasteiger partial charge in [0.1, 0.15) is 66.8 Å². The fraction of sp³-hybridized carbons (Fsp3) is 0.870. The van der Waals surface area contributed by atoms with Crippen molar-refractivity contribution in [3.05, 3.63) is 23.2 Å². The number of carbonyl (C=O) groups is 3. The Balaban J connectivity index is 0.986. The molecule has 3 saturated heterocycles. The van der Waals surface area contributed by atoms with Gasteiger partial charge >= 0.3 is 11.9 Å². The lowest BCUT2D eigenvalue weighted by Gasteiger charge is -2.72. The fourth-order valence-corrected chi connectivity index (χ4v) is 16.3. The van der Waals surface area contributed by atoms with Crippen LogP contribution in [0.1, 0.15) is 120 Å². The molecule has 9 aliphatic rings. The van der Waals surface area contributed by atoms with Crippen molar-refractivity contribution < 1.29 is 114 Å². The molecule has 0 spiro atoms. The van der Waals surface area contributed by atoms with Gasteiger partial charge in [-0.2, -0.15) is 0 Å². The van der Waals surface area contributed by atoms with E-state index in [4.69, 9.17) is 37.9 Å². The first-order chi connectivity index (χ1) is 35.9. The van der Waals surface area contributed by atoms with Gasteiger partial charge in [-0.3, -0.25) is 4.79 Å². The summed E-state index contributed by atoms with van der Waals surface area (Å²) in [6.45, 7) is 16.2. The monoisotopic (exact) mass is 1100 g/mol. The van der Waals surface area contributed by atoms with Crippen LogP contribution < -0.4 is 0 Å². The van der Waals surface area contributed by atoms with E-state index in [1.54, 1.807) is 6.92 Å². The highest BCUT2D eigenvalue weighted by molar-refractivity contribution is 5.94. The molecule has 0 aromatic rings. The SMILES string of the molecule is CC1=C(O)C(=O)CC(O[C@H]2CC(C)(C)C[C@H]3C4=CC[C@@H]5[C@@]6(C)CC[C@H](O[C@@H]7O[C@H](C(=O)O)[C@@H](O)[C@H](O)[C@H]7O[C@@H]7O[C@H](C(=O)O)[C@@H](O)[C@H](O)[C@H]7O[C@@H]7O[C@H](CO)[C@@H](O)[C@H](O)[C@H]7O)[C@](C)(CO)[C@@H]6CC[C@@]5(C)[C@]4(C)CC[C@@]23C)O1. The third-order valence-electron chi connectivity index (χ3n) is 21.0. The van der Waals surface area contributed by atoms with Crippen molar-refractivity contribution in [1.29, 1.82) is 0 Å². The molecule has 0 bridgehead atoms. The lowest BCUT2D eigenvalue weighted by Crippen LogP contribution is -2.68. The molecule has 12 N–H and O–H groups in total. The number of carboxylic acid groups (broad SMARTS) is 2. The molecule has 4 heterocycles. The molecular weight excluding hydrogens is 1020 g/mol. The molecule has 4 aliphatic heterocycles. The van der Waals surface area contributed by atoms with Gasteiger partial charge in [0.15, 0.2) is 36.8 Å². The molecule has 23 nitrogen and oxygen atoms in total. The number of allylic oxidation sites excluding steroid dienone is 4. The smallest absolute Gasteiger partial charge is 0.335 e. The number of rotatable bonds is 12. The number of Topliss-reactive ketones (excluding diaryl/α,β-unsaturated/α-hetero) is 1. The van der Waals surface area contributed by atoms with Gasteiger partial charge in [-0.15, -0.1) is 0 Å². The summed E-state index contributed by atoms with van der Waals surface area (Å²) in [6, 6.07) is 0. The highest BCUT2D eigenvalue weighted by Gasteiger charge is 2.70. The molecule has 0 aromatic carbocycles. The molecule has 1 unspecified atom stereocenters. The van der Waals surface area contributed by atoms with Crippen LogP contribution in [0.4, 0.5) is 0 Å². The Hall–Kier alpha value is -2.95. The number of hydrogen-bond donors (Lipinski definition) is 12. The second-order valence-corrected chi connectivity index (χ2v) is 25.8. The number of ether oxygens (including phenoxy) is 8. The fourth-order valence-electron chi connectivity index (χ4n) is 16.3. The largest absolute Gasteiger partial charge is 0.502 e. The van der Waals surface area contributed by atoms with Gasteiger partial charge in [0, 0.05) is 10.8 Å². The topological polar surface area (TPSA) is 368 Å². The lowest BCUT2D eigenvalue weighted by atomic mass is 9.33. The summed E-state index contributed by atoms with van der Waals surface area (Å²) in [6.07, 6.45) is -23.5. The molecule has 23 heteroatoms. The summed E-state index contributed by atoms with van der Waals surface area (Å²) >= 11 is 0. The third kappa shape index (κ3) is 9.50. The van der Waals surface area contributed by atoms with E-state index in [-0.39, 0.29) is 68.9 Å². The Morgan fingerprint density at radius 2 is 1.25 bits per heavy atom. The van der Waals surface area contributed by atoms with E-state index >= 15 is 0 Å². The normalized spacial score (nSPS) is 51.7. The van der Waals surface area contributed by atoms with Gasteiger partial charge < -0.3 is 99.2 Å². The molecule has 0 radical (unpaired) electrons. The van der Waals surface area contributed by atoms with Crippen LogP contribution in [0.5, 0.6) is 0 Å². The summed E-state index contributed by atoms with van der Waals surface area (Å²) in [7, 11) is 0. The summed E-state index contributed by atoms with van der Waals surface area (Å²) in [5.41, 5.74) is -0.811. The van der Waals surface area contributed by atoms with E-state index < -0.39 is 141 Å². The second-order valence-electron chi connectivity index (χ2n) is 25.8. The van der Waals surface area contributed by atoms with Crippen LogP contribution in [0.15, 0.2) is 23.2 Å². The quantitative estimate of drug-likeness (QED) is 0.0954. The average molecular weight is 1100 g/mol. The van der Waals surface area contributed by atoms with Crippen LogP contribution in [-0.4, -0.2) is 203 Å². The molecule has 4 saturated carbocycles. The maximum atomic E-state index is 12.7. The number of carbonyl (C=O) groups excluding carboxylic acids is 1. The number of carboxylic acids is 2. The zero-order chi connectivity index (χ0) is 56.4. The Morgan fingerprint density at radius 3 is 1.82 bits per heavy atom. The molecular formula is C54H82O23. The standard InChI is InChI=1S/C54H82O23/c1-22-32(58)25(57)17-31(70-22)72-30-19-49(2,3)18-24-23-9-10-28-51(5)13-12-29(52(6,21-56)27(51)11-14-54(28,8)53(23,7)16-15-50(24,30)4)73-47-42(37(63)35(61)40(74-47)44(66)67)77-48-43(38(64)36(62)41(75-48)45(68)69)76-46-39(65)34(60)33(59)26(20-55)71-46/h9,24,26-31,33-43,46-48,55-56,58-65H,10-21H2,1-8H3,(H,66,67)(H,68,69)/t24-,26+,27+,28+,29-,30-,31?,33+,34-,35-,36-,37-,38-,39+,40-,41-,42+,43+,46-,47+,48-,50+,51-,52+,53+,54+/m0/s1. The molecule has 7 fully saturated rings. The van der Waals surface area contributed by atoms with Gasteiger partial charge in [-0.1, -0.05) is 60.1 Å². The number of aliphatic carboxylic acids is 2. The maximum Gasteiger partial charge on any atom is 0.335 e. The Labute approximate surface area is 447 Å². The van der Waals surface area contributed by atoms with Gasteiger partial charge in [0.05, 0.1) is 31.8 Å². The van der Waals surface area contributed by atoms with Crippen LogP contribution in [-0.2, 0) is 52.3 Å². The molecule has 5 aliphatic carbocycles. The van der Waals surface area contributed by atoms with Crippen LogP contribution >= 0.6 is 0 Å². The highest BCUT2D eigenvalue weighted by Crippen LogP contribution is 2.76. The minimum Gasteiger partial charge on any atom is -0.502 e. The summed E-state index contributed by atoms with van der Waals surface area (Å²) < 4.78 is 48.3. The number of aliphatic hydroxyl groups is 10. The Morgan fingerprint density at radius 1 is 0.649 bits per heavy atom. The van der Waals surface area contributed by atoms with Gasteiger partial charge in [-0.05, 0) is 104 Å². The van der Waals surface area contributed by atoms with Crippen molar-refractivity contribution in [3.8, 4) is 0 Å². The van der Waals surface area contributed by atoms with E-state index in [1.165, 1.54) is 5.57 Å². The zero-order valence-electron chi connectivity index (χ0n) is 45.0. The van der Waals surface area contributed by atoms with Gasteiger partial charge in [0.2, 0.25) is 12.1 Å². The lowest BCUT2D eigenvalue weighted by molar-refractivity contribution is -0.394. The summed E-state index contributed by atoms with van der Waals surface area (Å²) in [5.74, 6) is -3.96. The average Bonchev–Trinajstić information content (AvgIpc) is 3.36. The van der Waals surface area contributed by atoms with Gasteiger partial charge in [-0.25, -0.2) is 9.59 Å². The number of ketones is 1. The van der Waals surface area contributed by atoms with E-state index in [0.717, 1.165) is 38.5 Å². The molecule has 0 amide bonds. The first-order valence-electron chi connectivity index (χ1n) is 27.2. The van der Waals surface area contributed by atoms with Crippen molar-refractivity contribution in [2.45, 2.75) is 230 Å². The number of aliphatic hydroxyl groups excluding tert-OH is 10. The summed E-state index contributed by atoms with van der Waals surface area (Å²) in [5, 5.41) is 129. The molecule has 26 atom stereocenters. The molecule has 436 valence electrons. The zero-order valence-corrected chi connectivity index (χ0v) is 45.0. The highest BCUT2D eigenvalue weighted by atomic mass is 16.8. The first-order valence-corrected chi connectivity index (χ1v) is 27.2. The number of hydrogen-bond acceptors (Lipinski definition) is 21. The van der Waals surface area contributed by atoms with E-state index in [0.29, 0.717) is 19.3 Å². The van der Waals surface area contributed by atoms with E-state index in [1.807, 2.05) is 6.92 Å². The minimum absolute atomic E-state index is 0.0659. The molecule has 9 rings (SSSR count). The molecule has 77 heavy (non-hydrogen) atoms. The predicted octanol–water partition coefficient (Wildman–Crippen LogP) is 0.899. The van der Waals surface area contributed by atoms with E-state index in [9.17, 15) is 75.7 Å².